The minimum Gasteiger partial charge on any atom is -0.489 e. The summed E-state index contributed by atoms with van der Waals surface area (Å²) in [5.74, 6) is 1.38. The van der Waals surface area contributed by atoms with Crippen molar-refractivity contribution in [2.24, 2.45) is 0 Å². The van der Waals surface area contributed by atoms with E-state index in [0.717, 1.165) is 28.4 Å². The topological polar surface area (TPSA) is 157 Å². The Labute approximate surface area is 317 Å². The smallest absolute Gasteiger partial charge is 0.253 e. The first-order chi connectivity index (χ1) is 25.0. The zero-order chi connectivity index (χ0) is 37.1. The van der Waals surface area contributed by atoms with Gasteiger partial charge in [-0.1, -0.05) is 41.4 Å². The SMILES string of the molecule is CN(C[C@H](O)[C@@H](O)[C@H](O)[C@H](O)CO)C(=O)c1cccc(OCc2cc(Cl)c(CN3CSC[C@H]3C(=O)N3CCN(C4CC4)c4ccccc43)cc2Cl)c1. The molecule has 6 rings (SSSR count). The second-order valence-corrected chi connectivity index (χ2v) is 15.3. The molecule has 3 aromatic carbocycles. The van der Waals surface area contributed by atoms with E-state index in [1.54, 1.807) is 36.0 Å². The highest BCUT2D eigenvalue weighted by atomic mass is 35.5. The number of carbonyl (C=O) groups is 2. The van der Waals surface area contributed by atoms with E-state index >= 15 is 0 Å². The van der Waals surface area contributed by atoms with Crippen LogP contribution in [0.5, 0.6) is 5.75 Å². The molecule has 3 aromatic rings. The Morgan fingerprint density at radius 3 is 2.35 bits per heavy atom. The van der Waals surface area contributed by atoms with Crippen LogP contribution in [0.1, 0.15) is 34.3 Å². The molecule has 280 valence electrons. The van der Waals surface area contributed by atoms with Crippen LogP contribution in [0.15, 0.2) is 60.7 Å². The lowest BCUT2D eigenvalue weighted by Gasteiger charge is -2.39. The molecule has 5 N–H and O–H groups in total. The van der Waals surface area contributed by atoms with Crippen LogP contribution in [-0.4, -0.2) is 129 Å². The number of carbonyl (C=O) groups excluding carboxylic acids is 2. The minimum absolute atomic E-state index is 0.0647. The fourth-order valence-corrected chi connectivity index (χ4v) is 8.31. The van der Waals surface area contributed by atoms with Crippen molar-refractivity contribution >= 4 is 58.2 Å². The Morgan fingerprint density at radius 1 is 0.923 bits per heavy atom. The Hall–Kier alpha value is -3.11. The fraction of sp³-hybridized carbons (Fsp3) is 0.459. The summed E-state index contributed by atoms with van der Waals surface area (Å²) in [5.41, 5.74) is 3.79. The highest BCUT2D eigenvalue weighted by Crippen LogP contribution is 2.41. The second-order valence-electron chi connectivity index (χ2n) is 13.5. The number of rotatable bonds is 14. The molecule has 1 aliphatic carbocycles. The molecule has 2 amide bonds. The predicted octanol–water partition coefficient (Wildman–Crippen LogP) is 2.97. The monoisotopic (exact) mass is 774 g/mol. The molecule has 1 saturated heterocycles. The molecule has 1 saturated carbocycles. The summed E-state index contributed by atoms with van der Waals surface area (Å²) < 4.78 is 5.98. The molecule has 0 unspecified atom stereocenters. The van der Waals surface area contributed by atoms with Crippen molar-refractivity contribution in [3.8, 4) is 5.75 Å². The van der Waals surface area contributed by atoms with Crippen molar-refractivity contribution in [2.75, 3.05) is 54.7 Å². The number of para-hydroxylation sites is 2. The van der Waals surface area contributed by atoms with E-state index in [1.807, 2.05) is 29.2 Å². The van der Waals surface area contributed by atoms with Gasteiger partial charge in [0.25, 0.3) is 5.91 Å². The number of ether oxygens (including phenoxy) is 1. The van der Waals surface area contributed by atoms with Gasteiger partial charge in [-0.2, -0.15) is 0 Å². The van der Waals surface area contributed by atoms with Gasteiger partial charge in [-0.3, -0.25) is 14.5 Å². The maximum atomic E-state index is 14.0. The summed E-state index contributed by atoms with van der Waals surface area (Å²) in [6.45, 7) is 0.856. The molecular formula is C37H44Cl2N4O8S. The summed E-state index contributed by atoms with van der Waals surface area (Å²) in [5, 5.41) is 49.8. The van der Waals surface area contributed by atoms with Crippen molar-refractivity contribution in [1.29, 1.82) is 0 Å². The Morgan fingerprint density at radius 2 is 1.62 bits per heavy atom. The van der Waals surface area contributed by atoms with Crippen LogP contribution in [0, 0.1) is 0 Å². The molecular weight excluding hydrogens is 731 g/mol. The highest BCUT2D eigenvalue weighted by Gasteiger charge is 2.40. The maximum absolute atomic E-state index is 14.0. The van der Waals surface area contributed by atoms with Gasteiger partial charge < -0.3 is 45.0 Å². The van der Waals surface area contributed by atoms with E-state index in [-0.39, 0.29) is 30.7 Å². The number of hydrogen-bond donors (Lipinski definition) is 5. The zero-order valence-corrected chi connectivity index (χ0v) is 31.1. The number of benzene rings is 3. The molecule has 0 radical (unpaired) electrons. The standard InChI is InChI=1S/C37H44Cl2N4O8S/c1-40(17-32(45)34(47)35(48)33(46)18-44)36(49)22-5-4-6-26(13-22)51-19-24-15-27(38)23(14-28(24)39)16-41-21-52-20-31(41)37(50)43-12-11-42(25-9-10-25)29-7-2-3-8-30(29)43/h2-8,13-15,25,31-35,44-48H,9-12,16-21H2,1H3/t31-,32-,33+,34+,35+/m0/s1. The minimum atomic E-state index is -1.79. The first-order valence-corrected chi connectivity index (χ1v) is 19.1. The third kappa shape index (κ3) is 8.64. The van der Waals surface area contributed by atoms with Crippen LogP contribution in [0.2, 0.25) is 10.0 Å². The molecule has 15 heteroatoms. The molecule has 3 aliphatic rings. The van der Waals surface area contributed by atoms with Crippen LogP contribution in [0.3, 0.4) is 0 Å². The third-order valence-electron chi connectivity index (χ3n) is 9.76. The molecule has 0 aromatic heterocycles. The Bertz CT molecular complexity index is 1750. The van der Waals surface area contributed by atoms with Crippen molar-refractivity contribution in [1.82, 2.24) is 9.80 Å². The van der Waals surface area contributed by atoms with E-state index in [9.17, 15) is 30.0 Å². The van der Waals surface area contributed by atoms with Crippen LogP contribution in [-0.2, 0) is 17.9 Å². The van der Waals surface area contributed by atoms with Crippen molar-refractivity contribution in [2.45, 2.75) is 62.5 Å². The number of fused-ring (bicyclic) bond motifs is 1. The summed E-state index contributed by atoms with van der Waals surface area (Å²) in [6.07, 6.45) is -4.41. The van der Waals surface area contributed by atoms with E-state index in [1.165, 1.54) is 26.0 Å². The Kier molecular flexibility index (Phi) is 12.6. The molecule has 0 spiro atoms. The predicted molar refractivity (Wildman–Crippen MR) is 201 cm³/mol. The van der Waals surface area contributed by atoms with Crippen molar-refractivity contribution < 1.29 is 39.9 Å². The highest BCUT2D eigenvalue weighted by molar-refractivity contribution is 7.99. The molecule has 12 nitrogen and oxygen atoms in total. The summed E-state index contributed by atoms with van der Waals surface area (Å²) >= 11 is 15.2. The molecule has 2 aliphatic heterocycles. The summed E-state index contributed by atoms with van der Waals surface area (Å²) in [7, 11) is 1.41. The van der Waals surface area contributed by atoms with Gasteiger partial charge in [0.2, 0.25) is 5.91 Å². The number of anilines is 2. The van der Waals surface area contributed by atoms with Crippen LogP contribution in [0.25, 0.3) is 0 Å². The largest absolute Gasteiger partial charge is 0.489 e. The van der Waals surface area contributed by atoms with E-state index in [0.29, 0.717) is 52.1 Å². The number of likely N-dealkylation sites (N-methyl/N-ethyl adjacent to an activating group) is 1. The van der Waals surface area contributed by atoms with Gasteiger partial charge in [-0.05, 0) is 60.9 Å². The lowest BCUT2D eigenvalue weighted by atomic mass is 10.0. The van der Waals surface area contributed by atoms with E-state index in [2.05, 4.69) is 15.9 Å². The average molecular weight is 776 g/mol. The van der Waals surface area contributed by atoms with Crippen molar-refractivity contribution in [3.05, 3.63) is 87.4 Å². The molecule has 2 fully saturated rings. The third-order valence-corrected chi connectivity index (χ3v) is 11.5. The molecule has 2 heterocycles. The fourth-order valence-electron chi connectivity index (χ4n) is 6.63. The number of nitrogens with zero attached hydrogens (tertiary/aromatic N) is 4. The van der Waals surface area contributed by atoms with Gasteiger partial charge in [-0.25, -0.2) is 0 Å². The number of hydrogen-bond acceptors (Lipinski definition) is 11. The van der Waals surface area contributed by atoms with Gasteiger partial charge in [0.1, 0.15) is 36.8 Å². The number of aliphatic hydroxyl groups is 5. The maximum Gasteiger partial charge on any atom is 0.253 e. The summed E-state index contributed by atoms with van der Waals surface area (Å²) in [4.78, 5) is 34.8. The van der Waals surface area contributed by atoms with Crippen LogP contribution < -0.4 is 14.5 Å². The van der Waals surface area contributed by atoms with Crippen LogP contribution >= 0.6 is 35.0 Å². The number of amides is 2. The second kappa shape index (κ2) is 16.9. The van der Waals surface area contributed by atoms with E-state index < -0.39 is 36.9 Å². The molecule has 5 atom stereocenters. The molecule has 0 bridgehead atoms. The lowest BCUT2D eigenvalue weighted by molar-refractivity contribution is -0.122. The first-order valence-electron chi connectivity index (χ1n) is 17.2. The van der Waals surface area contributed by atoms with Gasteiger partial charge >= 0.3 is 0 Å². The number of thioether (sulfide) groups is 1. The van der Waals surface area contributed by atoms with Crippen molar-refractivity contribution in [3.63, 3.8) is 0 Å². The summed E-state index contributed by atoms with van der Waals surface area (Å²) in [6, 6.07) is 18.4. The Balaban J connectivity index is 1.06. The first kappa shape index (κ1) is 38.6. The normalized spacial score (nSPS) is 19.9. The van der Waals surface area contributed by atoms with Gasteiger partial charge in [0, 0.05) is 72.1 Å². The van der Waals surface area contributed by atoms with Gasteiger partial charge in [0.15, 0.2) is 0 Å². The average Bonchev–Trinajstić information content (AvgIpc) is 3.90. The van der Waals surface area contributed by atoms with E-state index in [4.69, 9.17) is 33.0 Å². The number of aliphatic hydroxyl groups excluding tert-OH is 5. The lowest BCUT2D eigenvalue weighted by Crippen LogP contribution is -2.52. The van der Waals surface area contributed by atoms with Gasteiger partial charge in [-0.15, -0.1) is 11.8 Å². The van der Waals surface area contributed by atoms with Crippen LogP contribution in [0.4, 0.5) is 11.4 Å². The quantitative estimate of drug-likeness (QED) is 0.164. The number of halogens is 2. The van der Waals surface area contributed by atoms with Gasteiger partial charge in [0.05, 0.1) is 24.0 Å². The zero-order valence-electron chi connectivity index (χ0n) is 28.7. The molecule has 52 heavy (non-hydrogen) atoms.